The first kappa shape index (κ1) is 11.1. The normalized spacial score (nSPS) is 10.3. The molecule has 0 saturated carbocycles. The van der Waals surface area contributed by atoms with E-state index in [9.17, 15) is 0 Å². The van der Waals surface area contributed by atoms with Crippen LogP contribution in [0, 0.1) is 0 Å². The van der Waals surface area contributed by atoms with Crippen LogP contribution in [0.4, 0.5) is 5.82 Å². The van der Waals surface area contributed by atoms with E-state index >= 15 is 0 Å². The number of aryl methyl sites for hydroxylation is 1. The molecular weight excluding hydrogens is 270 g/mol. The summed E-state index contributed by atoms with van der Waals surface area (Å²) in [5.74, 6) is 0.829. The molecule has 1 N–H and O–H groups in total. The Morgan fingerprint density at radius 1 is 1.44 bits per heavy atom. The minimum Gasteiger partial charge on any atom is -0.369 e. The average Bonchev–Trinajstić information content (AvgIpc) is 2.79. The van der Waals surface area contributed by atoms with Crippen molar-refractivity contribution in [1.82, 2.24) is 19.7 Å². The number of hydrogen-bond acceptors (Lipinski definition) is 4. The van der Waals surface area contributed by atoms with Crippen molar-refractivity contribution in [2.24, 2.45) is 0 Å². The van der Waals surface area contributed by atoms with Crippen molar-refractivity contribution < 1.29 is 0 Å². The summed E-state index contributed by atoms with van der Waals surface area (Å²) in [4.78, 5) is 8.02. The fourth-order valence-electron chi connectivity index (χ4n) is 1.32. The highest BCUT2D eigenvalue weighted by molar-refractivity contribution is 9.10. The number of hydrogen-bond donors (Lipinski definition) is 1. The summed E-state index contributed by atoms with van der Waals surface area (Å²) >= 11 is 3.38. The third kappa shape index (κ3) is 3.03. The molecule has 0 aliphatic heterocycles. The monoisotopic (exact) mass is 281 g/mol. The van der Waals surface area contributed by atoms with Crippen molar-refractivity contribution in [2.75, 3.05) is 11.9 Å². The Kier molecular flexibility index (Phi) is 3.87. The van der Waals surface area contributed by atoms with Gasteiger partial charge in [0.05, 0.1) is 4.47 Å². The molecule has 2 aromatic heterocycles. The second-order valence-corrected chi connectivity index (χ2v) is 4.12. The van der Waals surface area contributed by atoms with E-state index in [-0.39, 0.29) is 0 Å². The number of aromatic nitrogens is 4. The molecule has 0 radical (unpaired) electrons. The predicted octanol–water partition coefficient (Wildman–Crippen LogP) is 1.94. The summed E-state index contributed by atoms with van der Waals surface area (Å²) in [6.45, 7) is 1.76. The van der Waals surface area contributed by atoms with Crippen LogP contribution in [0.1, 0.15) is 6.42 Å². The minimum atomic E-state index is 0.829. The van der Waals surface area contributed by atoms with Crippen LogP contribution < -0.4 is 5.32 Å². The molecule has 2 rings (SSSR count). The van der Waals surface area contributed by atoms with Crippen molar-refractivity contribution in [2.45, 2.75) is 13.0 Å². The first-order valence-corrected chi connectivity index (χ1v) is 5.82. The van der Waals surface area contributed by atoms with Crippen LogP contribution in [0.15, 0.2) is 35.5 Å². The summed E-state index contributed by atoms with van der Waals surface area (Å²) in [6.07, 6.45) is 8.00. The molecule has 0 aromatic carbocycles. The van der Waals surface area contributed by atoms with Crippen LogP contribution in [-0.4, -0.2) is 26.3 Å². The fraction of sp³-hybridized carbons (Fsp3) is 0.300. The second-order valence-electron chi connectivity index (χ2n) is 3.27. The van der Waals surface area contributed by atoms with Crippen molar-refractivity contribution in [3.63, 3.8) is 0 Å². The molecule has 6 heteroatoms. The van der Waals surface area contributed by atoms with Crippen LogP contribution in [0.2, 0.25) is 0 Å². The van der Waals surface area contributed by atoms with Crippen LogP contribution in [0.3, 0.4) is 0 Å². The van der Waals surface area contributed by atoms with Gasteiger partial charge in [0, 0.05) is 31.7 Å². The van der Waals surface area contributed by atoms with Crippen LogP contribution in [0.25, 0.3) is 0 Å². The number of anilines is 1. The molecule has 0 bridgehead atoms. The molecule has 0 spiro atoms. The van der Waals surface area contributed by atoms with Gasteiger partial charge in [-0.1, -0.05) is 0 Å². The zero-order valence-electron chi connectivity index (χ0n) is 8.67. The molecule has 0 saturated heterocycles. The van der Waals surface area contributed by atoms with Crippen LogP contribution in [0.5, 0.6) is 0 Å². The molecule has 0 unspecified atom stereocenters. The van der Waals surface area contributed by atoms with Crippen LogP contribution in [-0.2, 0) is 6.54 Å². The molecule has 0 fully saturated rings. The van der Waals surface area contributed by atoms with Gasteiger partial charge in [-0.3, -0.25) is 4.68 Å². The Morgan fingerprint density at radius 2 is 2.38 bits per heavy atom. The Balaban J connectivity index is 1.74. The number of halogens is 1. The Labute approximate surface area is 102 Å². The summed E-state index contributed by atoms with van der Waals surface area (Å²) in [5.41, 5.74) is 0. The van der Waals surface area contributed by atoms with E-state index in [1.165, 1.54) is 6.33 Å². The maximum absolute atomic E-state index is 4.13. The van der Waals surface area contributed by atoms with Gasteiger partial charge in [0.1, 0.15) is 12.1 Å². The highest BCUT2D eigenvalue weighted by Crippen LogP contribution is 2.16. The Morgan fingerprint density at radius 3 is 3.12 bits per heavy atom. The van der Waals surface area contributed by atoms with Crippen molar-refractivity contribution in [1.29, 1.82) is 0 Å². The van der Waals surface area contributed by atoms with Crippen LogP contribution >= 0.6 is 15.9 Å². The zero-order chi connectivity index (χ0) is 11.2. The van der Waals surface area contributed by atoms with Gasteiger partial charge in [-0.2, -0.15) is 5.10 Å². The summed E-state index contributed by atoms with van der Waals surface area (Å²) in [5, 5.41) is 7.37. The summed E-state index contributed by atoms with van der Waals surface area (Å²) in [6, 6.07) is 1.93. The molecule has 5 nitrogen and oxygen atoms in total. The van der Waals surface area contributed by atoms with Gasteiger partial charge in [-0.25, -0.2) is 9.97 Å². The molecule has 0 aliphatic carbocycles. The molecular formula is C10H12BrN5. The van der Waals surface area contributed by atoms with Crippen molar-refractivity contribution in [3.8, 4) is 0 Å². The zero-order valence-corrected chi connectivity index (χ0v) is 10.3. The topological polar surface area (TPSA) is 55.6 Å². The number of nitrogens with zero attached hydrogens (tertiary/aromatic N) is 4. The lowest BCUT2D eigenvalue weighted by atomic mass is 10.4. The summed E-state index contributed by atoms with van der Waals surface area (Å²) < 4.78 is 2.80. The maximum atomic E-state index is 4.13. The van der Waals surface area contributed by atoms with Gasteiger partial charge in [0.25, 0.3) is 0 Å². The Bertz CT molecular complexity index is 429. The first-order chi connectivity index (χ1) is 7.86. The maximum Gasteiger partial charge on any atom is 0.143 e. The third-order valence-electron chi connectivity index (χ3n) is 2.08. The van der Waals surface area contributed by atoms with E-state index in [1.54, 1.807) is 12.4 Å². The molecule has 84 valence electrons. The van der Waals surface area contributed by atoms with E-state index < -0.39 is 0 Å². The van der Waals surface area contributed by atoms with E-state index in [2.05, 4.69) is 36.3 Å². The molecule has 2 aromatic rings. The average molecular weight is 282 g/mol. The molecule has 16 heavy (non-hydrogen) atoms. The smallest absolute Gasteiger partial charge is 0.143 e. The van der Waals surface area contributed by atoms with E-state index in [0.717, 1.165) is 29.8 Å². The van der Waals surface area contributed by atoms with E-state index in [0.29, 0.717) is 0 Å². The number of rotatable bonds is 5. The number of nitrogens with one attached hydrogen (secondary N) is 1. The van der Waals surface area contributed by atoms with Gasteiger partial charge in [-0.05, 0) is 28.4 Å². The Hall–Kier alpha value is -1.43. The van der Waals surface area contributed by atoms with Crippen molar-refractivity contribution >= 4 is 21.7 Å². The van der Waals surface area contributed by atoms with Gasteiger partial charge < -0.3 is 5.32 Å². The van der Waals surface area contributed by atoms with E-state index in [4.69, 9.17) is 0 Å². The third-order valence-corrected chi connectivity index (χ3v) is 2.66. The molecule has 2 heterocycles. The molecule has 0 atom stereocenters. The fourth-order valence-corrected chi connectivity index (χ4v) is 1.68. The van der Waals surface area contributed by atoms with Gasteiger partial charge in [0.2, 0.25) is 0 Å². The lowest BCUT2D eigenvalue weighted by molar-refractivity contribution is 0.591. The highest BCUT2D eigenvalue weighted by Gasteiger charge is 1.99. The SMILES string of the molecule is Brc1cncnc1NCCCn1cccn1. The quantitative estimate of drug-likeness (QED) is 0.851. The predicted molar refractivity (Wildman–Crippen MR) is 65.1 cm³/mol. The van der Waals surface area contributed by atoms with Gasteiger partial charge in [0.15, 0.2) is 0 Å². The second kappa shape index (κ2) is 5.60. The lowest BCUT2D eigenvalue weighted by Gasteiger charge is -2.06. The minimum absolute atomic E-state index is 0.829. The van der Waals surface area contributed by atoms with E-state index in [1.807, 2.05) is 16.9 Å². The summed E-state index contributed by atoms with van der Waals surface area (Å²) in [7, 11) is 0. The molecule has 0 amide bonds. The molecule has 0 aliphatic rings. The van der Waals surface area contributed by atoms with Gasteiger partial charge >= 0.3 is 0 Å². The van der Waals surface area contributed by atoms with Gasteiger partial charge in [-0.15, -0.1) is 0 Å². The van der Waals surface area contributed by atoms with Crippen molar-refractivity contribution in [3.05, 3.63) is 35.5 Å². The lowest BCUT2D eigenvalue weighted by Crippen LogP contribution is -2.08. The standard InChI is InChI=1S/C10H12BrN5/c11-9-7-12-8-14-10(9)13-3-1-5-16-6-2-4-15-16/h2,4,6-8H,1,3,5H2,(H,12,13,14). The first-order valence-electron chi connectivity index (χ1n) is 5.03. The largest absolute Gasteiger partial charge is 0.369 e. The highest BCUT2D eigenvalue weighted by atomic mass is 79.9.